The summed E-state index contributed by atoms with van der Waals surface area (Å²) in [5, 5.41) is -5.45. The van der Waals surface area contributed by atoms with Crippen LogP contribution in [0.25, 0.3) is 115 Å². The maximum atomic E-state index is 11.1. The zero-order chi connectivity index (χ0) is 84.8. The molecule has 77 heavy (non-hydrogen) atoms. The molecule has 1 aromatic heterocycles. The second-order valence-corrected chi connectivity index (χ2v) is 17.7. The average molecular weight is 1020 g/mol. The van der Waals surface area contributed by atoms with E-state index in [4.69, 9.17) is 13.7 Å². The second-order valence-electron chi connectivity index (χ2n) is 17.7. The van der Waals surface area contributed by atoms with Gasteiger partial charge in [-0.15, -0.1) is 0 Å². The van der Waals surface area contributed by atoms with E-state index in [-0.39, 0.29) is 0 Å². The third-order valence-corrected chi connectivity index (χ3v) is 13.4. The van der Waals surface area contributed by atoms with Gasteiger partial charge in [0.05, 0.1) is 67.4 Å². The molecule has 362 valence electrons. The van der Waals surface area contributed by atoms with Gasteiger partial charge in [0.1, 0.15) is 0 Å². The predicted octanol–water partition coefficient (Wildman–Crippen LogP) is 20.7. The van der Waals surface area contributed by atoms with Crippen LogP contribution in [0.3, 0.4) is 0 Å². The molecule has 0 atom stereocenters. The summed E-state index contributed by atoms with van der Waals surface area (Å²) in [6, 6.07) is -27.6. The van der Waals surface area contributed by atoms with Crippen LogP contribution in [0.2, 0.25) is 0 Å². The van der Waals surface area contributed by atoms with Crippen LogP contribution in [0, 0.1) is 0 Å². The van der Waals surface area contributed by atoms with E-state index in [1.165, 1.54) is 0 Å². The van der Waals surface area contributed by atoms with Crippen LogP contribution in [0.4, 0.5) is 17.1 Å². The molecule has 0 aliphatic heterocycles. The zero-order valence-electron chi connectivity index (χ0n) is 78.5. The van der Waals surface area contributed by atoms with E-state index in [0.29, 0.717) is 4.90 Å². The molecule has 0 radical (unpaired) electrons. The van der Waals surface area contributed by atoms with Gasteiger partial charge in [-0.2, -0.15) is 0 Å². The lowest BCUT2D eigenvalue weighted by Crippen LogP contribution is -2.17. The van der Waals surface area contributed by atoms with Gasteiger partial charge in [-0.1, -0.05) is 244 Å². The highest BCUT2D eigenvalue weighted by atomic mass is 15.1. The number of fused-ring (bicyclic) bond motifs is 12. The molecule has 14 aromatic rings. The molecule has 0 fully saturated rings. The number of aromatic nitrogens is 1. The van der Waals surface area contributed by atoms with Gasteiger partial charge in [0.2, 0.25) is 0 Å². The Morgan fingerprint density at radius 1 is 0.377 bits per heavy atom. The fraction of sp³-hybridized carbons (Fsp3) is 0.0400. The molecule has 1 aliphatic rings. The van der Waals surface area contributed by atoms with E-state index in [1.54, 1.807) is 0 Å². The van der Waals surface area contributed by atoms with Gasteiger partial charge in [-0.25, -0.2) is 0 Å². The van der Waals surface area contributed by atoms with Gasteiger partial charge in [0.25, 0.3) is 0 Å². The van der Waals surface area contributed by atoms with Gasteiger partial charge in [0, 0.05) is 52.5 Å². The number of nitrogens with zero attached hydrogens (tertiary/aromatic N) is 2. The highest BCUT2D eigenvalue weighted by molar-refractivity contribution is 6.31. The van der Waals surface area contributed by atoms with E-state index in [9.17, 15) is 39.8 Å². The molecule has 1 aliphatic carbocycles. The van der Waals surface area contributed by atoms with E-state index >= 15 is 0 Å². The van der Waals surface area contributed by atoms with Crippen LogP contribution >= 0.6 is 0 Å². The quantitative estimate of drug-likeness (QED) is 0.138. The summed E-state index contributed by atoms with van der Waals surface area (Å²) in [5.41, 5.74) is -17.1. The van der Waals surface area contributed by atoms with Crippen molar-refractivity contribution in [1.29, 1.82) is 0 Å². The Labute approximate surface area is 503 Å². The highest BCUT2D eigenvalue weighted by Crippen LogP contribution is 2.55. The van der Waals surface area contributed by atoms with Crippen molar-refractivity contribution in [1.82, 2.24) is 4.57 Å². The molecule has 2 heteroatoms. The number of benzene rings is 13. The SMILES string of the molecule is [2H]CC1(C[2H])c2cc(N(c3c([2H])c(-c4cc([2H])c([2H])c([2H])c4[2H])c([2H])c(-c4c([2H])c([2H])c([2H])c([2H])c4[2H])c3[2H])c3c(-c4cc([2H])c([2H])c5c4c4c([2H])c([2H])c([2H])c(-c6c([2H])ccc([2H])c6[2H])c4n5-c4c([2H])ccc([2H])c4[2H])c([2H])c([2H])c4c5c([2H])c([2H])cc([2H])c5c5cc([2H])c([2H])c([2H])c5c34)c([2H])c([2H])c2-c2c([2H])c([2H])c([2H])c([2H])c21. The van der Waals surface area contributed by atoms with Crippen molar-refractivity contribution < 1.29 is 53.5 Å². The van der Waals surface area contributed by atoms with Crippen molar-refractivity contribution in [3.63, 3.8) is 0 Å². The summed E-state index contributed by atoms with van der Waals surface area (Å²) in [6.07, 6.45) is 0. The summed E-state index contributed by atoms with van der Waals surface area (Å²) in [6.45, 7) is -2.11. The first-order chi connectivity index (χ1) is 54.4. The standard InChI is InChI=1S/C75H52N2/c1-75(2)68-39-20-19-34-61(68)62-42-41-55(48-69(62)75)76(56-46-52(49-23-7-3-8-24-49)45-53(47-56)50-25-9-4-10-26-50)74-66(44-43-65-60-33-16-15-31-58(60)59-32-17-18-35-63(59)72(65)74)64-37-22-40-70-71(64)67-38-21-36-57(51-27-11-5-12-28-51)73(67)77(70)54-29-13-6-14-30-54/h3-48H,1-2H3/i1D,2D,3D,4D,7D,8D,9D,10D,11D,13D,16D,17D,18D,19D,20D,21D,22D,23D,24D,25D,27D,28D,29D,30D,31D,33D,34D,35D,36D,38D,39D,40D,41D,42D,43D,44D,45D,46D,47D. The zero-order valence-corrected chi connectivity index (χ0v) is 39.5. The molecule has 0 saturated carbocycles. The smallest absolute Gasteiger partial charge is 0.0651 e. The largest absolute Gasteiger partial charge is 0.309 e. The molecule has 0 N–H and O–H groups in total. The number of hydrogen-bond donors (Lipinski definition) is 0. The molecular formula is C75H52N2. The summed E-state index contributed by atoms with van der Waals surface area (Å²) in [5.74, 6) is 0. The normalized spacial score (nSPS) is 19.7. The fourth-order valence-corrected chi connectivity index (χ4v) is 10.2. The predicted molar refractivity (Wildman–Crippen MR) is 327 cm³/mol. The van der Waals surface area contributed by atoms with Gasteiger partial charge in [-0.3, -0.25) is 0 Å². The Morgan fingerprint density at radius 2 is 1.06 bits per heavy atom. The van der Waals surface area contributed by atoms with Crippen molar-refractivity contribution in [3.8, 4) is 61.3 Å². The van der Waals surface area contributed by atoms with E-state index in [1.807, 2.05) is 0 Å². The molecule has 0 amide bonds. The summed E-state index contributed by atoms with van der Waals surface area (Å²) in [4.78, 5) is 0.600. The number of anilines is 3. The van der Waals surface area contributed by atoms with Gasteiger partial charge in [0.15, 0.2) is 0 Å². The number of para-hydroxylation sites is 2. The van der Waals surface area contributed by atoms with Crippen LogP contribution < -0.4 is 4.90 Å². The summed E-state index contributed by atoms with van der Waals surface area (Å²) < 4.78 is 378. The molecule has 0 unspecified atom stereocenters. The van der Waals surface area contributed by atoms with Crippen molar-refractivity contribution in [3.05, 3.63) is 289 Å². The van der Waals surface area contributed by atoms with Crippen molar-refractivity contribution in [2.75, 3.05) is 4.90 Å². The van der Waals surface area contributed by atoms with Gasteiger partial charge in [-0.05, 0) is 131 Å². The first-order valence-corrected chi connectivity index (χ1v) is 23.5. The van der Waals surface area contributed by atoms with Crippen molar-refractivity contribution in [2.24, 2.45) is 0 Å². The van der Waals surface area contributed by atoms with Crippen molar-refractivity contribution >= 4 is 71.2 Å². The Kier molecular flexibility index (Phi) is 4.69. The Bertz CT molecular complexity index is 6930. The van der Waals surface area contributed by atoms with Gasteiger partial charge >= 0.3 is 0 Å². The van der Waals surface area contributed by atoms with Crippen LogP contribution in [-0.4, -0.2) is 4.57 Å². The van der Waals surface area contributed by atoms with Crippen LogP contribution in [0.1, 0.15) is 78.4 Å². The third kappa shape index (κ3) is 7.03. The molecule has 15 rings (SSSR count). The maximum Gasteiger partial charge on any atom is 0.0651 e. The molecular weight excluding hydrogens is 929 g/mol. The maximum absolute atomic E-state index is 11.1. The minimum absolute atomic E-state index is 0.453. The minimum atomic E-state index is -2.37. The van der Waals surface area contributed by atoms with E-state index in [2.05, 4.69) is 0 Å². The molecule has 0 saturated heterocycles. The van der Waals surface area contributed by atoms with Crippen molar-refractivity contribution in [2.45, 2.75) is 19.2 Å². The highest BCUT2D eigenvalue weighted by Gasteiger charge is 2.36. The Morgan fingerprint density at radius 3 is 1.97 bits per heavy atom. The molecule has 0 bridgehead atoms. The Balaban J connectivity index is 1.35. The molecule has 1 heterocycles. The monoisotopic (exact) mass is 1020 g/mol. The lowest BCUT2D eigenvalue weighted by atomic mass is 9.82. The van der Waals surface area contributed by atoms with Crippen LogP contribution in [0.15, 0.2) is 278 Å². The summed E-state index contributed by atoms with van der Waals surface area (Å²) >= 11 is 0. The van der Waals surface area contributed by atoms with Crippen LogP contribution in [-0.2, 0) is 5.41 Å². The molecule has 0 spiro atoms. The first-order valence-electron chi connectivity index (χ1n) is 43.4. The summed E-state index contributed by atoms with van der Waals surface area (Å²) in [7, 11) is 0. The topological polar surface area (TPSA) is 8.17 Å². The minimum Gasteiger partial charge on any atom is -0.309 e. The van der Waals surface area contributed by atoms with E-state index < -0.39 is 386 Å². The lowest BCUT2D eigenvalue weighted by Gasteiger charge is -2.32. The fourth-order valence-electron chi connectivity index (χ4n) is 10.2. The second kappa shape index (κ2) is 17.7. The Hall–Kier alpha value is -9.76. The van der Waals surface area contributed by atoms with Gasteiger partial charge < -0.3 is 9.47 Å². The average Bonchev–Trinajstić information content (AvgIpc) is 1.30. The molecule has 2 nitrogen and oxygen atoms in total. The van der Waals surface area contributed by atoms with E-state index in [0.717, 1.165) is 59.2 Å². The number of rotatable bonds is 8. The first kappa shape index (κ1) is 20.4. The lowest BCUT2D eigenvalue weighted by molar-refractivity contribution is 0.660. The number of hydrogen-bond acceptors (Lipinski definition) is 1. The van der Waals surface area contributed by atoms with Crippen LogP contribution in [0.5, 0.6) is 0 Å². The third-order valence-electron chi connectivity index (χ3n) is 13.4. The molecule has 13 aromatic carbocycles.